The Hall–Kier alpha value is -2.37. The maximum Gasteiger partial charge on any atom is 0.273 e. The summed E-state index contributed by atoms with van der Waals surface area (Å²) in [4.78, 5) is 30.8. The molecule has 1 aliphatic carbocycles. The van der Waals surface area contributed by atoms with E-state index in [0.717, 1.165) is 6.42 Å². The Bertz CT molecular complexity index is 853. The van der Waals surface area contributed by atoms with Gasteiger partial charge >= 0.3 is 0 Å². The Balaban J connectivity index is 1.77. The van der Waals surface area contributed by atoms with Crippen LogP contribution >= 0.6 is 0 Å². The molecular formula is C21H30N4O2. The minimum atomic E-state index is -0.177. The van der Waals surface area contributed by atoms with Gasteiger partial charge in [0.1, 0.15) is 17.0 Å². The van der Waals surface area contributed by atoms with Gasteiger partial charge in [-0.1, -0.05) is 33.3 Å². The summed E-state index contributed by atoms with van der Waals surface area (Å²) < 4.78 is 1.69. The largest absolute Gasteiger partial charge is 0.350 e. The third-order valence-electron chi connectivity index (χ3n) is 6.21. The van der Waals surface area contributed by atoms with Crippen LogP contribution in [0.15, 0.2) is 24.4 Å². The molecule has 6 nitrogen and oxygen atoms in total. The van der Waals surface area contributed by atoms with E-state index in [9.17, 15) is 9.59 Å². The zero-order valence-corrected chi connectivity index (χ0v) is 17.0. The topological polar surface area (TPSA) is 66.7 Å². The van der Waals surface area contributed by atoms with Crippen LogP contribution in [-0.2, 0) is 0 Å². The summed E-state index contributed by atoms with van der Waals surface area (Å²) in [7, 11) is 3.37. The van der Waals surface area contributed by atoms with Crippen molar-refractivity contribution in [2.75, 3.05) is 20.6 Å². The number of amides is 2. The van der Waals surface area contributed by atoms with Crippen molar-refractivity contribution in [2.24, 2.45) is 17.3 Å². The molecule has 1 aliphatic rings. The second-order valence-corrected chi connectivity index (χ2v) is 8.60. The zero-order valence-electron chi connectivity index (χ0n) is 17.0. The van der Waals surface area contributed by atoms with E-state index >= 15 is 0 Å². The molecule has 0 saturated heterocycles. The summed E-state index contributed by atoms with van der Waals surface area (Å²) in [6.07, 6.45) is 5.25. The molecule has 2 unspecified atom stereocenters. The SMILES string of the molecule is CC1C(CNC(=O)c2cccc3nc(C(=O)N(C)C)cn23)CCCC1(C)C. The van der Waals surface area contributed by atoms with Crippen molar-refractivity contribution < 1.29 is 9.59 Å². The lowest BCUT2D eigenvalue weighted by molar-refractivity contribution is 0.0785. The van der Waals surface area contributed by atoms with E-state index in [4.69, 9.17) is 0 Å². The van der Waals surface area contributed by atoms with Crippen LogP contribution in [0.5, 0.6) is 0 Å². The number of rotatable bonds is 4. The van der Waals surface area contributed by atoms with Gasteiger partial charge in [-0.05, 0) is 42.2 Å². The highest BCUT2D eigenvalue weighted by atomic mass is 16.2. The van der Waals surface area contributed by atoms with Crippen LogP contribution < -0.4 is 5.32 Å². The molecule has 6 heteroatoms. The molecule has 0 spiro atoms. The average Bonchev–Trinajstić information content (AvgIpc) is 3.05. The number of hydrogen-bond acceptors (Lipinski definition) is 3. The molecule has 2 amide bonds. The summed E-state index contributed by atoms with van der Waals surface area (Å²) in [6, 6.07) is 5.37. The van der Waals surface area contributed by atoms with E-state index in [0.29, 0.717) is 40.8 Å². The maximum atomic E-state index is 12.8. The standard InChI is InChI=1S/C21H30N4O2/c1-14-15(8-7-11-21(14,2)3)12-22-19(26)17-9-6-10-18-23-16(13-25(17)18)20(27)24(4)5/h6,9-10,13-15H,7-8,11-12H2,1-5H3,(H,22,26). The number of imidazole rings is 1. The lowest BCUT2D eigenvalue weighted by atomic mass is 9.64. The zero-order chi connectivity index (χ0) is 19.8. The lowest BCUT2D eigenvalue weighted by Crippen LogP contribution is -2.40. The van der Waals surface area contributed by atoms with Crippen molar-refractivity contribution in [3.63, 3.8) is 0 Å². The average molecular weight is 370 g/mol. The first-order valence-corrected chi connectivity index (χ1v) is 9.68. The minimum absolute atomic E-state index is 0.127. The van der Waals surface area contributed by atoms with E-state index in [1.54, 1.807) is 42.9 Å². The van der Waals surface area contributed by atoms with E-state index in [1.807, 2.05) is 0 Å². The number of aromatic nitrogens is 2. The molecular weight excluding hydrogens is 340 g/mol. The van der Waals surface area contributed by atoms with Crippen LogP contribution in [0.1, 0.15) is 61.0 Å². The van der Waals surface area contributed by atoms with Gasteiger partial charge in [0, 0.05) is 26.8 Å². The number of fused-ring (bicyclic) bond motifs is 1. The Labute approximate surface area is 161 Å². The monoisotopic (exact) mass is 370 g/mol. The number of hydrogen-bond donors (Lipinski definition) is 1. The van der Waals surface area contributed by atoms with Gasteiger partial charge in [-0.25, -0.2) is 4.98 Å². The van der Waals surface area contributed by atoms with E-state index in [1.165, 1.54) is 17.7 Å². The van der Waals surface area contributed by atoms with Gasteiger partial charge in [0.25, 0.3) is 11.8 Å². The predicted molar refractivity (Wildman–Crippen MR) is 106 cm³/mol. The third kappa shape index (κ3) is 3.84. The fourth-order valence-electron chi connectivity index (χ4n) is 4.06. The van der Waals surface area contributed by atoms with Gasteiger partial charge in [-0.2, -0.15) is 0 Å². The number of carbonyl (C=O) groups is 2. The highest BCUT2D eigenvalue weighted by molar-refractivity contribution is 5.95. The second-order valence-electron chi connectivity index (χ2n) is 8.60. The van der Waals surface area contributed by atoms with Crippen LogP contribution in [0.2, 0.25) is 0 Å². The Morgan fingerprint density at radius 1 is 1.33 bits per heavy atom. The fourth-order valence-corrected chi connectivity index (χ4v) is 4.06. The molecule has 3 rings (SSSR count). The third-order valence-corrected chi connectivity index (χ3v) is 6.21. The summed E-state index contributed by atoms with van der Waals surface area (Å²) in [5.74, 6) is 0.756. The summed E-state index contributed by atoms with van der Waals surface area (Å²) >= 11 is 0. The first kappa shape index (κ1) is 19.4. The molecule has 0 bridgehead atoms. The second kappa shape index (κ2) is 7.33. The van der Waals surface area contributed by atoms with Crippen LogP contribution in [0.3, 0.4) is 0 Å². The molecule has 0 aromatic carbocycles. The molecule has 27 heavy (non-hydrogen) atoms. The number of nitrogens with zero attached hydrogens (tertiary/aromatic N) is 3. The smallest absolute Gasteiger partial charge is 0.273 e. The Morgan fingerprint density at radius 3 is 2.78 bits per heavy atom. The maximum absolute atomic E-state index is 12.8. The highest BCUT2D eigenvalue weighted by Gasteiger charge is 2.35. The number of carbonyl (C=O) groups excluding carboxylic acids is 2. The van der Waals surface area contributed by atoms with Gasteiger partial charge in [0.2, 0.25) is 0 Å². The van der Waals surface area contributed by atoms with Crippen molar-refractivity contribution in [3.8, 4) is 0 Å². The minimum Gasteiger partial charge on any atom is -0.350 e. The molecule has 1 saturated carbocycles. The number of nitrogens with one attached hydrogen (secondary N) is 1. The van der Waals surface area contributed by atoms with Gasteiger partial charge in [-0.15, -0.1) is 0 Å². The normalized spacial score (nSPS) is 21.8. The van der Waals surface area contributed by atoms with Gasteiger partial charge in [0.15, 0.2) is 0 Å². The van der Waals surface area contributed by atoms with Crippen LogP contribution in [-0.4, -0.2) is 46.7 Å². The first-order chi connectivity index (χ1) is 12.7. The Morgan fingerprint density at radius 2 is 2.07 bits per heavy atom. The van der Waals surface area contributed by atoms with E-state index < -0.39 is 0 Å². The van der Waals surface area contributed by atoms with Crippen molar-refractivity contribution in [1.82, 2.24) is 19.6 Å². The fraction of sp³-hybridized carbons (Fsp3) is 0.571. The first-order valence-electron chi connectivity index (χ1n) is 9.68. The molecule has 2 aromatic rings. The van der Waals surface area contributed by atoms with Crippen molar-refractivity contribution in [1.29, 1.82) is 0 Å². The van der Waals surface area contributed by atoms with Gasteiger partial charge in [0.05, 0.1) is 0 Å². The molecule has 2 heterocycles. The summed E-state index contributed by atoms with van der Waals surface area (Å²) in [6.45, 7) is 7.62. The van der Waals surface area contributed by atoms with E-state index in [-0.39, 0.29) is 11.8 Å². The van der Waals surface area contributed by atoms with E-state index in [2.05, 4.69) is 31.1 Å². The van der Waals surface area contributed by atoms with Crippen molar-refractivity contribution in [3.05, 3.63) is 35.8 Å². The summed E-state index contributed by atoms with van der Waals surface area (Å²) in [5, 5.41) is 3.11. The Kier molecular flexibility index (Phi) is 5.27. The van der Waals surface area contributed by atoms with Crippen molar-refractivity contribution >= 4 is 17.5 Å². The highest BCUT2D eigenvalue weighted by Crippen LogP contribution is 2.43. The summed E-state index contributed by atoms with van der Waals surface area (Å²) in [5.41, 5.74) is 1.75. The molecule has 2 aromatic heterocycles. The molecule has 0 radical (unpaired) electrons. The van der Waals surface area contributed by atoms with Crippen LogP contribution in [0.25, 0.3) is 5.65 Å². The van der Waals surface area contributed by atoms with Gasteiger partial charge < -0.3 is 10.2 Å². The number of pyridine rings is 1. The molecule has 2 atom stereocenters. The van der Waals surface area contributed by atoms with Crippen LogP contribution in [0.4, 0.5) is 0 Å². The van der Waals surface area contributed by atoms with Gasteiger partial charge in [-0.3, -0.25) is 14.0 Å². The molecule has 1 N–H and O–H groups in total. The molecule has 1 fully saturated rings. The quantitative estimate of drug-likeness (QED) is 0.898. The molecule has 146 valence electrons. The predicted octanol–water partition coefficient (Wildman–Crippen LogP) is 3.23. The molecule has 0 aliphatic heterocycles. The lowest BCUT2D eigenvalue weighted by Gasteiger charge is -2.42. The van der Waals surface area contributed by atoms with Crippen molar-refractivity contribution in [2.45, 2.75) is 40.0 Å². The van der Waals surface area contributed by atoms with Crippen LogP contribution in [0, 0.1) is 17.3 Å².